The third-order valence-corrected chi connectivity index (χ3v) is 3.94. The number of carbonyl (C=O) groups excluding carboxylic acids is 1. The molecule has 0 radical (unpaired) electrons. The van der Waals surface area contributed by atoms with E-state index in [0.29, 0.717) is 6.42 Å². The second-order valence-electron chi connectivity index (χ2n) is 7.06. The van der Waals surface area contributed by atoms with Gasteiger partial charge in [-0.15, -0.1) is 0 Å². The second-order valence-corrected chi connectivity index (χ2v) is 7.06. The highest BCUT2D eigenvalue weighted by Gasteiger charge is 2.38. The minimum Gasteiger partial charge on any atom is -0.481 e. The van der Waals surface area contributed by atoms with Gasteiger partial charge in [0.1, 0.15) is 6.10 Å². The Balaban J connectivity index is 4.27. The van der Waals surface area contributed by atoms with Crippen LogP contribution in [-0.2, 0) is 9.59 Å². The summed E-state index contributed by atoms with van der Waals surface area (Å²) in [4.78, 5) is 23.2. The summed E-state index contributed by atoms with van der Waals surface area (Å²) in [6.45, 7) is 2.19. The maximum atomic E-state index is 12.4. The van der Waals surface area contributed by atoms with E-state index in [-0.39, 0.29) is 16.7 Å². The Morgan fingerprint density at radius 3 is 1.91 bits per heavy atom. The minimum absolute atomic E-state index is 0.0326. The van der Waals surface area contributed by atoms with Crippen molar-refractivity contribution < 1.29 is 24.3 Å². The molecule has 2 N–H and O–H groups in total. The van der Waals surface area contributed by atoms with Gasteiger partial charge in [-0.25, -0.2) is 0 Å². The van der Waals surface area contributed by atoms with Gasteiger partial charge < -0.3 is 14.7 Å². The molecule has 0 heterocycles. The number of carbonyl (C=O) groups is 2. The molecule has 0 amide bonds. The van der Waals surface area contributed by atoms with Gasteiger partial charge in [-0.3, -0.25) is 9.59 Å². The molecule has 2 unspecified atom stereocenters. The van der Waals surface area contributed by atoms with Crippen LogP contribution < -0.4 is 0 Å². The van der Waals surface area contributed by atoms with Crippen molar-refractivity contribution in [2.24, 2.45) is 0 Å². The lowest BCUT2D eigenvalue weighted by molar-refractivity contribution is -0.890. The first-order chi connectivity index (χ1) is 10.2. The van der Waals surface area contributed by atoms with Crippen molar-refractivity contribution in [3.8, 4) is 0 Å². The fourth-order valence-corrected chi connectivity index (χ4v) is 2.86. The van der Waals surface area contributed by atoms with Crippen LogP contribution in [0.4, 0.5) is 0 Å². The number of rotatable bonds is 13. The van der Waals surface area contributed by atoms with Gasteiger partial charge in [0.2, 0.25) is 0 Å². The average molecular weight is 316 g/mol. The number of aliphatic hydroxyl groups excluding tert-OH is 1. The molecule has 5 heteroatoms. The quantitative estimate of drug-likeness (QED) is 0.404. The topological polar surface area (TPSA) is 74.6 Å². The van der Waals surface area contributed by atoms with Crippen molar-refractivity contribution in [3.05, 3.63) is 0 Å². The van der Waals surface area contributed by atoms with E-state index >= 15 is 0 Å². The van der Waals surface area contributed by atoms with Gasteiger partial charge >= 0.3 is 5.97 Å². The number of Topliss-reactive ketones (excluding diaryl/α,β-unsaturated/α-hetero) is 1. The summed E-state index contributed by atoms with van der Waals surface area (Å²) in [5.74, 6) is -1.11. The summed E-state index contributed by atoms with van der Waals surface area (Å²) in [6, 6.07) is -0.670. The number of quaternary nitrogens is 1. The van der Waals surface area contributed by atoms with E-state index in [9.17, 15) is 14.7 Å². The van der Waals surface area contributed by atoms with Crippen molar-refractivity contribution in [1.29, 1.82) is 0 Å². The molecule has 0 bridgehead atoms. The molecule has 22 heavy (non-hydrogen) atoms. The normalized spacial score (nSPS) is 14.6. The number of unbranched alkanes of at least 4 members (excludes halogenated alkanes) is 6. The summed E-state index contributed by atoms with van der Waals surface area (Å²) < 4.78 is 0.254. The molecular weight excluding hydrogens is 282 g/mol. The lowest BCUT2D eigenvalue weighted by Crippen LogP contribution is -2.56. The fourth-order valence-electron chi connectivity index (χ4n) is 2.86. The smallest absolute Gasteiger partial charge is 0.306 e. The Bertz CT molecular complexity index is 336. The average Bonchev–Trinajstić information content (AvgIpc) is 2.35. The van der Waals surface area contributed by atoms with Gasteiger partial charge in [0.05, 0.1) is 27.6 Å². The standard InChI is InChI=1S/C17H33NO4/c1-5-6-7-8-9-10-11-12-14(19)17(18(2,3)4)15(20)13-16(21)22/h15,17,20H,5-13H2,1-4H3/p+1. The van der Waals surface area contributed by atoms with Gasteiger partial charge in [0.15, 0.2) is 11.8 Å². The van der Waals surface area contributed by atoms with Crippen LogP contribution in [0, 0.1) is 0 Å². The number of hydrogen-bond donors (Lipinski definition) is 2. The van der Waals surface area contributed by atoms with Gasteiger partial charge in [-0.1, -0.05) is 45.4 Å². The summed E-state index contributed by atoms with van der Waals surface area (Å²) in [6.07, 6.45) is 6.85. The summed E-state index contributed by atoms with van der Waals surface area (Å²) in [5.41, 5.74) is 0. The van der Waals surface area contributed by atoms with Crippen LogP contribution in [0.1, 0.15) is 64.7 Å². The van der Waals surface area contributed by atoms with Crippen LogP contribution in [-0.4, -0.2) is 59.7 Å². The van der Waals surface area contributed by atoms with Gasteiger partial charge in [-0.05, 0) is 6.42 Å². The number of hydrogen-bond acceptors (Lipinski definition) is 3. The van der Waals surface area contributed by atoms with Crippen molar-refractivity contribution in [2.75, 3.05) is 21.1 Å². The molecule has 130 valence electrons. The highest BCUT2D eigenvalue weighted by Crippen LogP contribution is 2.17. The molecule has 0 aromatic carbocycles. The lowest BCUT2D eigenvalue weighted by atomic mass is 9.96. The van der Waals surface area contributed by atoms with Crippen LogP contribution in [0.5, 0.6) is 0 Å². The summed E-state index contributed by atoms with van der Waals surface area (Å²) in [7, 11) is 5.45. The molecule has 0 aliphatic heterocycles. The third kappa shape index (κ3) is 9.15. The number of aliphatic carboxylic acids is 1. The highest BCUT2D eigenvalue weighted by molar-refractivity contribution is 5.84. The van der Waals surface area contributed by atoms with E-state index in [4.69, 9.17) is 5.11 Å². The molecule has 0 spiro atoms. The van der Waals surface area contributed by atoms with E-state index in [2.05, 4.69) is 6.92 Å². The largest absolute Gasteiger partial charge is 0.481 e. The Labute approximate surface area is 134 Å². The second kappa shape index (κ2) is 10.7. The summed E-state index contributed by atoms with van der Waals surface area (Å²) in [5, 5.41) is 18.9. The number of carboxylic acid groups (broad SMARTS) is 1. The maximum Gasteiger partial charge on any atom is 0.306 e. The minimum atomic E-state index is -1.13. The first-order valence-corrected chi connectivity index (χ1v) is 8.43. The number of carboxylic acids is 1. The molecule has 0 fully saturated rings. The molecule has 0 saturated carbocycles. The van der Waals surface area contributed by atoms with Gasteiger partial charge in [0, 0.05) is 6.42 Å². The van der Waals surface area contributed by atoms with E-state index in [1.807, 2.05) is 21.1 Å². The Hall–Kier alpha value is -0.940. The van der Waals surface area contributed by atoms with Gasteiger partial charge in [-0.2, -0.15) is 0 Å². The maximum absolute atomic E-state index is 12.4. The molecule has 0 aliphatic carbocycles. The van der Waals surface area contributed by atoms with Crippen LogP contribution in [0.3, 0.4) is 0 Å². The molecule has 0 aliphatic rings. The van der Waals surface area contributed by atoms with Crippen molar-refractivity contribution in [2.45, 2.75) is 76.9 Å². The van der Waals surface area contributed by atoms with E-state index in [1.54, 1.807) is 0 Å². The van der Waals surface area contributed by atoms with Crippen molar-refractivity contribution in [3.63, 3.8) is 0 Å². The monoisotopic (exact) mass is 316 g/mol. The van der Waals surface area contributed by atoms with Crippen LogP contribution >= 0.6 is 0 Å². The summed E-state index contributed by atoms with van der Waals surface area (Å²) >= 11 is 0. The first kappa shape index (κ1) is 21.1. The zero-order chi connectivity index (χ0) is 17.2. The zero-order valence-corrected chi connectivity index (χ0v) is 14.7. The molecule has 0 rings (SSSR count). The molecule has 0 aromatic heterocycles. The number of aliphatic hydroxyl groups is 1. The van der Waals surface area contributed by atoms with Crippen molar-refractivity contribution in [1.82, 2.24) is 0 Å². The van der Waals surface area contributed by atoms with E-state index in [0.717, 1.165) is 19.3 Å². The third-order valence-electron chi connectivity index (χ3n) is 3.94. The van der Waals surface area contributed by atoms with E-state index < -0.39 is 18.1 Å². The number of ketones is 1. The lowest BCUT2D eigenvalue weighted by Gasteiger charge is -2.35. The molecular formula is C17H34NO4+. The Morgan fingerprint density at radius 1 is 0.955 bits per heavy atom. The molecule has 0 aromatic rings. The Morgan fingerprint density at radius 2 is 1.45 bits per heavy atom. The van der Waals surface area contributed by atoms with Crippen LogP contribution in [0.2, 0.25) is 0 Å². The highest BCUT2D eigenvalue weighted by atomic mass is 16.4. The van der Waals surface area contributed by atoms with Gasteiger partial charge in [0.25, 0.3) is 0 Å². The van der Waals surface area contributed by atoms with Crippen LogP contribution in [0.25, 0.3) is 0 Å². The molecule has 5 nitrogen and oxygen atoms in total. The molecule has 0 saturated heterocycles. The van der Waals surface area contributed by atoms with Crippen molar-refractivity contribution >= 4 is 11.8 Å². The van der Waals surface area contributed by atoms with E-state index in [1.165, 1.54) is 25.7 Å². The fraction of sp³-hybridized carbons (Fsp3) is 0.882. The number of nitrogens with zero attached hydrogens (tertiary/aromatic N) is 1. The first-order valence-electron chi connectivity index (χ1n) is 8.43. The molecule has 2 atom stereocenters. The van der Waals surface area contributed by atoms with Crippen LogP contribution in [0.15, 0.2) is 0 Å². The zero-order valence-electron chi connectivity index (χ0n) is 14.7. The predicted molar refractivity (Wildman–Crippen MR) is 87.7 cm³/mol. The predicted octanol–water partition coefficient (Wildman–Crippen LogP) is 2.61. The number of likely N-dealkylation sites (N-methyl/N-ethyl adjacent to an activating group) is 1. The SMILES string of the molecule is CCCCCCCCCC(=O)C(C(O)CC(=O)O)[N+](C)(C)C. The Kier molecular flexibility index (Phi) is 10.3.